The first-order valence-corrected chi connectivity index (χ1v) is 16.0. The SMILES string of the molecule is COc1cccc(/C=C/C(=O)NCC(=O)N(C)N2c3ccc(OCc4ccccc4Cl)cc3SC2(C)OCc2ccccc2Cl)c1. The lowest BCUT2D eigenvalue weighted by molar-refractivity contribution is -0.134. The molecule has 0 aliphatic carbocycles. The Labute approximate surface area is 282 Å². The number of hydrazine groups is 1. The van der Waals surface area contributed by atoms with E-state index in [-0.39, 0.29) is 19.1 Å². The Morgan fingerprint density at radius 3 is 2.30 bits per heavy atom. The summed E-state index contributed by atoms with van der Waals surface area (Å²) in [6, 6.07) is 27.9. The smallest absolute Gasteiger partial charge is 0.260 e. The van der Waals surface area contributed by atoms with Crippen molar-refractivity contribution < 1.29 is 23.8 Å². The van der Waals surface area contributed by atoms with Gasteiger partial charge in [0.05, 0.1) is 25.9 Å². The summed E-state index contributed by atoms with van der Waals surface area (Å²) in [6.45, 7) is 2.17. The van der Waals surface area contributed by atoms with Crippen LogP contribution in [0.4, 0.5) is 5.69 Å². The molecule has 238 valence electrons. The summed E-state index contributed by atoms with van der Waals surface area (Å²) < 4.78 is 17.8. The van der Waals surface area contributed by atoms with E-state index in [1.165, 1.54) is 22.8 Å². The predicted octanol–water partition coefficient (Wildman–Crippen LogP) is 7.59. The van der Waals surface area contributed by atoms with Crippen molar-refractivity contribution >= 4 is 58.5 Å². The Hall–Kier alpha value is -4.15. The largest absolute Gasteiger partial charge is 0.497 e. The van der Waals surface area contributed by atoms with E-state index in [1.54, 1.807) is 31.3 Å². The Morgan fingerprint density at radius 1 is 0.913 bits per heavy atom. The van der Waals surface area contributed by atoms with Crippen molar-refractivity contribution in [3.63, 3.8) is 0 Å². The molecule has 0 saturated carbocycles. The van der Waals surface area contributed by atoms with Crippen LogP contribution in [-0.4, -0.2) is 42.6 Å². The second kappa shape index (κ2) is 15.0. The Kier molecular flexibility index (Phi) is 10.8. The van der Waals surface area contributed by atoms with E-state index in [0.29, 0.717) is 28.2 Å². The zero-order chi connectivity index (χ0) is 32.7. The van der Waals surface area contributed by atoms with Gasteiger partial charge in [0, 0.05) is 33.6 Å². The molecule has 8 nitrogen and oxygen atoms in total. The number of nitrogens with zero attached hydrogens (tertiary/aromatic N) is 2. The molecule has 1 unspecified atom stereocenters. The predicted molar refractivity (Wildman–Crippen MR) is 183 cm³/mol. The maximum Gasteiger partial charge on any atom is 0.260 e. The minimum absolute atomic E-state index is 0.206. The van der Waals surface area contributed by atoms with Gasteiger partial charge in [-0.3, -0.25) is 14.6 Å². The molecule has 1 heterocycles. The number of anilines is 1. The van der Waals surface area contributed by atoms with Crippen LogP contribution >= 0.6 is 35.0 Å². The van der Waals surface area contributed by atoms with Gasteiger partial charge in [-0.25, -0.2) is 5.01 Å². The molecule has 4 aromatic carbocycles. The van der Waals surface area contributed by atoms with E-state index >= 15 is 0 Å². The van der Waals surface area contributed by atoms with Crippen molar-refractivity contribution in [2.24, 2.45) is 0 Å². The topological polar surface area (TPSA) is 80.3 Å². The molecule has 4 aromatic rings. The third-order valence-corrected chi connectivity index (χ3v) is 9.20. The third kappa shape index (κ3) is 7.97. The molecule has 0 radical (unpaired) electrons. The van der Waals surface area contributed by atoms with Crippen molar-refractivity contribution in [3.8, 4) is 11.5 Å². The lowest BCUT2D eigenvalue weighted by atomic mass is 10.2. The van der Waals surface area contributed by atoms with E-state index in [4.69, 9.17) is 37.4 Å². The highest BCUT2D eigenvalue weighted by molar-refractivity contribution is 8.01. The highest BCUT2D eigenvalue weighted by Crippen LogP contribution is 2.52. The van der Waals surface area contributed by atoms with Crippen molar-refractivity contribution in [1.82, 2.24) is 10.3 Å². The molecule has 1 aliphatic rings. The second-order valence-electron chi connectivity index (χ2n) is 10.4. The molecule has 5 rings (SSSR count). The minimum atomic E-state index is -1.04. The van der Waals surface area contributed by atoms with E-state index in [1.807, 2.05) is 91.9 Å². The fraction of sp³-hybridized carbons (Fsp3) is 0.200. The van der Waals surface area contributed by atoms with Gasteiger partial charge in [0.25, 0.3) is 5.91 Å². The quantitative estimate of drug-likeness (QED) is 0.155. The number of nitrogens with one attached hydrogen (secondary N) is 1. The molecule has 1 aliphatic heterocycles. The van der Waals surface area contributed by atoms with Gasteiger partial charge in [0.2, 0.25) is 11.0 Å². The van der Waals surface area contributed by atoms with Gasteiger partial charge in [0.15, 0.2) is 0 Å². The van der Waals surface area contributed by atoms with Crippen LogP contribution in [0.5, 0.6) is 11.5 Å². The zero-order valence-electron chi connectivity index (χ0n) is 25.5. The van der Waals surface area contributed by atoms with Crippen molar-refractivity contribution in [2.75, 3.05) is 25.7 Å². The molecular formula is C35H33Cl2N3O5S. The van der Waals surface area contributed by atoms with Crippen molar-refractivity contribution in [3.05, 3.63) is 124 Å². The number of carbonyl (C=O) groups excluding carboxylic acids is 2. The number of rotatable bonds is 12. The lowest BCUT2D eigenvalue weighted by Crippen LogP contribution is -2.56. The summed E-state index contributed by atoms with van der Waals surface area (Å²) in [4.78, 5) is 26.9. The first-order valence-electron chi connectivity index (χ1n) is 14.4. The fourth-order valence-electron chi connectivity index (χ4n) is 4.80. The van der Waals surface area contributed by atoms with Crippen LogP contribution in [0.2, 0.25) is 10.0 Å². The zero-order valence-corrected chi connectivity index (χ0v) is 27.9. The molecule has 0 fully saturated rings. The molecule has 0 saturated heterocycles. The molecule has 1 N–H and O–H groups in total. The fourth-order valence-corrected chi connectivity index (χ4v) is 6.45. The summed E-state index contributed by atoms with van der Waals surface area (Å²) in [6.07, 6.45) is 3.04. The average molecular weight is 679 g/mol. The van der Waals surface area contributed by atoms with Crippen LogP contribution in [0, 0.1) is 0 Å². The molecule has 2 amide bonds. The number of hydrogen-bond donors (Lipinski definition) is 1. The first-order chi connectivity index (χ1) is 22.2. The summed E-state index contributed by atoms with van der Waals surface area (Å²) in [5.41, 5.74) is 3.23. The first kappa shape index (κ1) is 33.2. The Bertz CT molecular complexity index is 1750. The molecule has 0 aromatic heterocycles. The minimum Gasteiger partial charge on any atom is -0.497 e. The van der Waals surface area contributed by atoms with Gasteiger partial charge < -0.3 is 19.5 Å². The highest BCUT2D eigenvalue weighted by atomic mass is 35.5. The monoisotopic (exact) mass is 677 g/mol. The van der Waals surface area contributed by atoms with Crippen LogP contribution in [0.25, 0.3) is 6.08 Å². The van der Waals surface area contributed by atoms with Gasteiger partial charge >= 0.3 is 0 Å². The molecule has 0 spiro atoms. The van der Waals surface area contributed by atoms with Crippen LogP contribution in [0.3, 0.4) is 0 Å². The van der Waals surface area contributed by atoms with Gasteiger partial charge in [0.1, 0.15) is 18.1 Å². The molecule has 0 bridgehead atoms. The number of thioether (sulfide) groups is 1. The van der Waals surface area contributed by atoms with Crippen LogP contribution in [-0.2, 0) is 27.5 Å². The molecule has 46 heavy (non-hydrogen) atoms. The van der Waals surface area contributed by atoms with E-state index in [2.05, 4.69) is 5.32 Å². The Morgan fingerprint density at radius 2 is 1.61 bits per heavy atom. The number of carbonyl (C=O) groups is 2. The summed E-state index contributed by atoms with van der Waals surface area (Å²) in [5.74, 6) is 0.578. The second-order valence-corrected chi connectivity index (χ2v) is 12.7. The van der Waals surface area contributed by atoms with Gasteiger partial charge in [-0.05, 0) is 66.6 Å². The number of methoxy groups -OCH3 is 1. The number of benzene rings is 4. The van der Waals surface area contributed by atoms with Crippen LogP contribution < -0.4 is 19.8 Å². The third-order valence-electron chi connectivity index (χ3n) is 7.24. The van der Waals surface area contributed by atoms with Crippen LogP contribution in [0.1, 0.15) is 23.6 Å². The summed E-state index contributed by atoms with van der Waals surface area (Å²) in [7, 11) is 3.23. The molecule has 1 atom stereocenters. The lowest BCUT2D eigenvalue weighted by Gasteiger charge is -2.41. The molecule has 11 heteroatoms. The number of amides is 2. The maximum atomic E-state index is 13.5. The average Bonchev–Trinajstić information content (AvgIpc) is 3.36. The number of hydrogen-bond acceptors (Lipinski definition) is 7. The Balaban J connectivity index is 1.32. The van der Waals surface area contributed by atoms with Crippen LogP contribution in [0.15, 0.2) is 102 Å². The number of halogens is 2. The maximum absolute atomic E-state index is 13.5. The highest BCUT2D eigenvalue weighted by Gasteiger charge is 2.46. The number of ether oxygens (including phenoxy) is 3. The van der Waals surface area contributed by atoms with Gasteiger partial charge in [-0.1, -0.05) is 83.5 Å². The van der Waals surface area contributed by atoms with Gasteiger partial charge in [-0.2, -0.15) is 0 Å². The van der Waals surface area contributed by atoms with Crippen molar-refractivity contribution in [1.29, 1.82) is 0 Å². The summed E-state index contributed by atoms with van der Waals surface area (Å²) in [5, 5.41) is 6.10. The number of likely N-dealkylation sites (N-methyl/N-ethyl adjacent to an activating group) is 1. The normalized spacial score (nSPS) is 15.5. The van der Waals surface area contributed by atoms with E-state index in [0.717, 1.165) is 27.3 Å². The molecular weight excluding hydrogens is 645 g/mol. The van der Waals surface area contributed by atoms with Gasteiger partial charge in [-0.15, -0.1) is 0 Å². The standard InChI is InChI=1S/C35H33Cl2N3O5S/c1-35(45-23-26-11-5-7-14-30(26)37)40(31-17-16-28(20-32(31)46-35)44-22-25-10-4-6-13-29(25)36)39(2)34(42)21-38-33(41)18-15-24-9-8-12-27(19-24)43-3/h4-20H,21-23H2,1-3H3,(H,38,41)/b18-15+. The van der Waals surface area contributed by atoms with E-state index in [9.17, 15) is 9.59 Å². The number of fused-ring (bicyclic) bond motifs is 1. The van der Waals surface area contributed by atoms with Crippen molar-refractivity contribution in [2.45, 2.75) is 30.1 Å². The summed E-state index contributed by atoms with van der Waals surface area (Å²) >= 11 is 14.2. The van der Waals surface area contributed by atoms with E-state index < -0.39 is 11.0 Å².